The highest BCUT2D eigenvalue weighted by Crippen LogP contribution is 2.27. The summed E-state index contributed by atoms with van der Waals surface area (Å²) < 4.78 is 0. The van der Waals surface area contributed by atoms with Gasteiger partial charge in [-0.2, -0.15) is 4.98 Å². The lowest BCUT2D eigenvalue weighted by molar-refractivity contribution is 0.990. The van der Waals surface area contributed by atoms with E-state index in [0.717, 1.165) is 11.4 Å². The fourth-order valence-corrected chi connectivity index (χ4v) is 2.50. The van der Waals surface area contributed by atoms with Crippen molar-refractivity contribution in [1.82, 2.24) is 15.0 Å². The van der Waals surface area contributed by atoms with Crippen LogP contribution in [0.3, 0.4) is 0 Å². The van der Waals surface area contributed by atoms with E-state index in [1.165, 1.54) is 6.33 Å². The summed E-state index contributed by atoms with van der Waals surface area (Å²) in [6, 6.07) is 12.6. The summed E-state index contributed by atoms with van der Waals surface area (Å²) in [6.07, 6.45) is 1.43. The van der Waals surface area contributed by atoms with E-state index in [0.29, 0.717) is 27.0 Å². The van der Waals surface area contributed by atoms with Crippen LogP contribution in [0, 0.1) is 0 Å². The number of nitrogens with one attached hydrogen (secondary N) is 1. The van der Waals surface area contributed by atoms with E-state index in [9.17, 15) is 0 Å². The van der Waals surface area contributed by atoms with Crippen molar-refractivity contribution in [2.75, 3.05) is 17.3 Å². The molecular formula is C16H12Cl3N5. The van der Waals surface area contributed by atoms with Gasteiger partial charge < -0.3 is 10.2 Å². The van der Waals surface area contributed by atoms with Crippen molar-refractivity contribution in [3.63, 3.8) is 0 Å². The summed E-state index contributed by atoms with van der Waals surface area (Å²) in [5, 5.41) is 4.65. The van der Waals surface area contributed by atoms with Gasteiger partial charge in [-0.25, -0.2) is 9.97 Å². The van der Waals surface area contributed by atoms with Gasteiger partial charge in [0.2, 0.25) is 11.9 Å². The number of anilines is 4. The van der Waals surface area contributed by atoms with Crippen molar-refractivity contribution in [2.45, 2.75) is 0 Å². The lowest BCUT2D eigenvalue weighted by Gasteiger charge is -2.17. The Hall–Kier alpha value is -2.08. The van der Waals surface area contributed by atoms with Crippen molar-refractivity contribution >= 4 is 58.1 Å². The first-order valence-electron chi connectivity index (χ1n) is 6.93. The van der Waals surface area contributed by atoms with Crippen LogP contribution in [0.5, 0.6) is 0 Å². The van der Waals surface area contributed by atoms with E-state index in [-0.39, 0.29) is 0 Å². The van der Waals surface area contributed by atoms with Gasteiger partial charge in [0.25, 0.3) is 0 Å². The minimum atomic E-state index is 0.396. The monoisotopic (exact) mass is 379 g/mol. The van der Waals surface area contributed by atoms with Gasteiger partial charge in [0.15, 0.2) is 0 Å². The van der Waals surface area contributed by atoms with Gasteiger partial charge in [-0.1, -0.05) is 40.9 Å². The van der Waals surface area contributed by atoms with Crippen molar-refractivity contribution in [3.8, 4) is 0 Å². The maximum Gasteiger partial charge on any atom is 0.234 e. The molecule has 0 fully saturated rings. The normalized spacial score (nSPS) is 10.5. The molecule has 1 N–H and O–H groups in total. The lowest BCUT2D eigenvalue weighted by Crippen LogP contribution is -2.14. The highest BCUT2D eigenvalue weighted by atomic mass is 35.5. The van der Waals surface area contributed by atoms with Crippen LogP contribution in [0.15, 0.2) is 48.8 Å². The number of halogens is 3. The van der Waals surface area contributed by atoms with E-state index < -0.39 is 0 Å². The predicted octanol–water partition coefficient (Wildman–Crippen LogP) is 5.34. The highest BCUT2D eigenvalue weighted by molar-refractivity contribution is 6.42. The Balaban J connectivity index is 1.84. The summed E-state index contributed by atoms with van der Waals surface area (Å²) in [6.45, 7) is 0. The maximum absolute atomic E-state index is 6.03. The molecule has 2 aromatic carbocycles. The fraction of sp³-hybridized carbons (Fsp3) is 0.0625. The Morgan fingerprint density at radius 1 is 0.958 bits per heavy atom. The van der Waals surface area contributed by atoms with Gasteiger partial charge in [0, 0.05) is 23.4 Å². The molecule has 0 aliphatic carbocycles. The molecule has 0 aliphatic heterocycles. The average Bonchev–Trinajstić information content (AvgIpc) is 2.58. The topological polar surface area (TPSA) is 53.9 Å². The van der Waals surface area contributed by atoms with Crippen LogP contribution in [0.2, 0.25) is 15.1 Å². The van der Waals surface area contributed by atoms with Gasteiger partial charge in [-0.3, -0.25) is 0 Å². The van der Waals surface area contributed by atoms with Gasteiger partial charge >= 0.3 is 0 Å². The molecule has 24 heavy (non-hydrogen) atoms. The molecule has 0 amide bonds. The standard InChI is InChI=1S/C16H12Cl3N5/c1-24(12-4-2-3-10(17)7-12)16-21-9-20-15(23-16)22-11-5-6-13(18)14(19)8-11/h2-9H,1H3,(H,20,21,22,23). The van der Waals surface area contributed by atoms with Crippen LogP contribution in [0.1, 0.15) is 0 Å². The van der Waals surface area contributed by atoms with Crippen molar-refractivity contribution < 1.29 is 0 Å². The van der Waals surface area contributed by atoms with Gasteiger partial charge in [-0.05, 0) is 36.4 Å². The molecule has 122 valence electrons. The molecule has 3 rings (SSSR count). The quantitative estimate of drug-likeness (QED) is 0.662. The molecule has 5 nitrogen and oxygen atoms in total. The minimum Gasteiger partial charge on any atom is -0.324 e. The summed E-state index contributed by atoms with van der Waals surface area (Å²) in [5.41, 5.74) is 1.60. The molecule has 1 aromatic heterocycles. The van der Waals surface area contributed by atoms with Crippen LogP contribution in [0.4, 0.5) is 23.3 Å². The summed E-state index contributed by atoms with van der Waals surface area (Å²) >= 11 is 18.0. The minimum absolute atomic E-state index is 0.396. The SMILES string of the molecule is CN(c1cccc(Cl)c1)c1ncnc(Nc2ccc(Cl)c(Cl)c2)n1. The second-order valence-electron chi connectivity index (χ2n) is 4.90. The average molecular weight is 381 g/mol. The number of benzene rings is 2. The molecule has 0 saturated heterocycles. The second-order valence-corrected chi connectivity index (χ2v) is 6.15. The predicted molar refractivity (Wildman–Crippen MR) is 99.1 cm³/mol. The molecule has 0 spiro atoms. The number of nitrogens with zero attached hydrogens (tertiary/aromatic N) is 4. The first kappa shape index (κ1) is 16.8. The van der Waals surface area contributed by atoms with Crippen LogP contribution < -0.4 is 10.2 Å². The Bertz CT molecular complexity index is 872. The molecular weight excluding hydrogens is 369 g/mol. The zero-order valence-electron chi connectivity index (χ0n) is 12.5. The lowest BCUT2D eigenvalue weighted by atomic mass is 10.3. The Morgan fingerprint density at radius 3 is 2.54 bits per heavy atom. The number of hydrogen-bond donors (Lipinski definition) is 1. The van der Waals surface area contributed by atoms with Crippen molar-refractivity contribution in [2.24, 2.45) is 0 Å². The second kappa shape index (κ2) is 7.21. The van der Waals surface area contributed by atoms with Crippen molar-refractivity contribution in [1.29, 1.82) is 0 Å². The molecule has 0 aliphatic rings. The first-order valence-corrected chi connectivity index (χ1v) is 8.07. The Kier molecular flexibility index (Phi) is 5.04. The zero-order valence-corrected chi connectivity index (χ0v) is 14.8. The smallest absolute Gasteiger partial charge is 0.234 e. The zero-order chi connectivity index (χ0) is 17.1. The Labute approximate surface area is 154 Å². The van der Waals surface area contributed by atoms with E-state index in [1.54, 1.807) is 18.2 Å². The molecule has 0 unspecified atom stereocenters. The van der Waals surface area contributed by atoms with Gasteiger partial charge in [0.05, 0.1) is 10.0 Å². The molecule has 0 saturated carbocycles. The molecule has 3 aromatic rings. The first-order chi connectivity index (χ1) is 11.5. The number of rotatable bonds is 4. The van der Waals surface area contributed by atoms with Gasteiger partial charge in [-0.15, -0.1) is 0 Å². The van der Waals surface area contributed by atoms with Gasteiger partial charge in [0.1, 0.15) is 6.33 Å². The van der Waals surface area contributed by atoms with E-state index in [2.05, 4.69) is 20.3 Å². The third kappa shape index (κ3) is 3.87. The summed E-state index contributed by atoms with van der Waals surface area (Å²) in [7, 11) is 1.85. The molecule has 0 bridgehead atoms. The number of aromatic nitrogens is 3. The third-order valence-electron chi connectivity index (χ3n) is 3.23. The van der Waals surface area contributed by atoms with Crippen LogP contribution in [0.25, 0.3) is 0 Å². The highest BCUT2D eigenvalue weighted by Gasteiger charge is 2.09. The third-order valence-corrected chi connectivity index (χ3v) is 4.20. The number of hydrogen-bond acceptors (Lipinski definition) is 5. The van der Waals surface area contributed by atoms with Crippen LogP contribution in [-0.4, -0.2) is 22.0 Å². The van der Waals surface area contributed by atoms with E-state index >= 15 is 0 Å². The molecule has 0 atom stereocenters. The van der Waals surface area contributed by atoms with Crippen LogP contribution >= 0.6 is 34.8 Å². The fourth-order valence-electron chi connectivity index (χ4n) is 2.01. The van der Waals surface area contributed by atoms with Crippen LogP contribution in [-0.2, 0) is 0 Å². The van der Waals surface area contributed by atoms with E-state index in [4.69, 9.17) is 34.8 Å². The summed E-state index contributed by atoms with van der Waals surface area (Å²) in [5.74, 6) is 0.877. The molecule has 1 heterocycles. The summed E-state index contributed by atoms with van der Waals surface area (Å²) in [4.78, 5) is 14.5. The molecule has 0 radical (unpaired) electrons. The maximum atomic E-state index is 6.03. The Morgan fingerprint density at radius 2 is 1.79 bits per heavy atom. The largest absolute Gasteiger partial charge is 0.324 e. The van der Waals surface area contributed by atoms with E-state index in [1.807, 2.05) is 36.2 Å². The van der Waals surface area contributed by atoms with Crippen molar-refractivity contribution in [3.05, 3.63) is 63.9 Å². The molecule has 8 heteroatoms.